The third-order valence-electron chi connectivity index (χ3n) is 2.73. The summed E-state index contributed by atoms with van der Waals surface area (Å²) in [7, 11) is 0. The van der Waals surface area contributed by atoms with Crippen LogP contribution in [0.1, 0.15) is 26.5 Å². The van der Waals surface area contributed by atoms with Gasteiger partial charge in [-0.3, -0.25) is 0 Å². The molecule has 0 saturated carbocycles. The zero-order valence-electron chi connectivity index (χ0n) is 11.2. The van der Waals surface area contributed by atoms with Crippen molar-refractivity contribution in [1.82, 2.24) is 20.3 Å². The van der Waals surface area contributed by atoms with Crippen LogP contribution in [0.25, 0.3) is 11.3 Å². The van der Waals surface area contributed by atoms with Crippen molar-refractivity contribution in [1.29, 1.82) is 0 Å². The van der Waals surface area contributed by atoms with Crippen molar-refractivity contribution in [2.24, 2.45) is 0 Å². The van der Waals surface area contributed by atoms with Gasteiger partial charge in [0.25, 0.3) is 0 Å². The minimum atomic E-state index is 0.445. The molecule has 1 aromatic carbocycles. The number of nitrogens with one attached hydrogen (secondary N) is 1. The van der Waals surface area contributed by atoms with Gasteiger partial charge in [-0.15, -0.1) is 0 Å². The maximum atomic E-state index is 4.54. The molecule has 0 atom stereocenters. The van der Waals surface area contributed by atoms with Gasteiger partial charge in [0, 0.05) is 18.2 Å². The molecule has 0 saturated heterocycles. The van der Waals surface area contributed by atoms with E-state index < -0.39 is 0 Å². The Morgan fingerprint density at radius 3 is 2.50 bits per heavy atom. The van der Waals surface area contributed by atoms with Gasteiger partial charge in [-0.05, 0) is 6.92 Å². The van der Waals surface area contributed by atoms with Crippen LogP contribution in [-0.4, -0.2) is 21.0 Å². The van der Waals surface area contributed by atoms with Gasteiger partial charge in [-0.1, -0.05) is 44.2 Å². The molecule has 0 unspecified atom stereocenters. The second-order valence-corrected chi connectivity index (χ2v) is 4.59. The Bertz CT molecular complexity index is 488. The molecule has 0 amide bonds. The van der Waals surface area contributed by atoms with E-state index in [2.05, 4.69) is 48.4 Å². The average molecular weight is 244 g/mol. The molecule has 0 bridgehead atoms. The summed E-state index contributed by atoms with van der Waals surface area (Å²) in [5, 5.41) is 12.5. The fraction of sp³-hybridized carbons (Fsp3) is 0.429. The highest BCUT2D eigenvalue weighted by atomic mass is 15.5. The van der Waals surface area contributed by atoms with E-state index in [1.165, 1.54) is 0 Å². The second kappa shape index (κ2) is 5.78. The normalized spacial score (nSPS) is 11.1. The quantitative estimate of drug-likeness (QED) is 0.878. The summed E-state index contributed by atoms with van der Waals surface area (Å²) in [5.41, 5.74) is 3.11. The summed E-state index contributed by atoms with van der Waals surface area (Å²) >= 11 is 0. The van der Waals surface area contributed by atoms with E-state index in [1.807, 2.05) is 18.2 Å². The lowest BCUT2D eigenvalue weighted by Gasteiger charge is -2.06. The fourth-order valence-electron chi connectivity index (χ4n) is 1.76. The van der Waals surface area contributed by atoms with E-state index in [-0.39, 0.29) is 0 Å². The van der Waals surface area contributed by atoms with Gasteiger partial charge < -0.3 is 5.32 Å². The molecule has 0 radical (unpaired) electrons. The number of aromatic nitrogens is 3. The first-order valence-corrected chi connectivity index (χ1v) is 6.43. The van der Waals surface area contributed by atoms with Gasteiger partial charge in [0.05, 0.1) is 6.54 Å². The fourth-order valence-corrected chi connectivity index (χ4v) is 1.76. The zero-order valence-corrected chi connectivity index (χ0v) is 11.2. The maximum Gasteiger partial charge on any atom is 0.117 e. The van der Waals surface area contributed by atoms with Crippen molar-refractivity contribution < 1.29 is 0 Å². The molecule has 2 rings (SSSR count). The molecule has 0 aliphatic carbocycles. The molecule has 1 heterocycles. The van der Waals surface area contributed by atoms with Gasteiger partial charge in [0.15, 0.2) is 0 Å². The maximum absolute atomic E-state index is 4.54. The van der Waals surface area contributed by atoms with Crippen LogP contribution in [0, 0.1) is 0 Å². The van der Waals surface area contributed by atoms with Crippen LogP contribution in [-0.2, 0) is 13.1 Å². The van der Waals surface area contributed by atoms with Crippen molar-refractivity contribution >= 4 is 0 Å². The van der Waals surface area contributed by atoms with Crippen LogP contribution in [0.3, 0.4) is 0 Å². The molecule has 0 aliphatic heterocycles. The second-order valence-electron chi connectivity index (χ2n) is 4.59. The third-order valence-corrected chi connectivity index (χ3v) is 2.73. The van der Waals surface area contributed by atoms with Gasteiger partial charge in [0.1, 0.15) is 11.4 Å². The predicted octanol–water partition coefficient (Wildman–Crippen LogP) is 2.46. The van der Waals surface area contributed by atoms with Crippen molar-refractivity contribution in [2.45, 2.75) is 39.9 Å². The summed E-state index contributed by atoms with van der Waals surface area (Å²) in [5.74, 6) is 0. The molecular weight excluding hydrogens is 224 g/mol. The topological polar surface area (TPSA) is 42.7 Å². The largest absolute Gasteiger partial charge is 0.309 e. The molecule has 0 aliphatic rings. The average Bonchev–Trinajstić information content (AvgIpc) is 2.80. The SMILES string of the molecule is CCn1nc(CNC(C)C)c(-c2ccccc2)n1. The Labute approximate surface area is 108 Å². The van der Waals surface area contributed by atoms with Crippen molar-refractivity contribution in [3.63, 3.8) is 0 Å². The van der Waals surface area contributed by atoms with E-state index >= 15 is 0 Å². The predicted molar refractivity (Wildman–Crippen MR) is 73.1 cm³/mol. The highest BCUT2D eigenvalue weighted by Crippen LogP contribution is 2.19. The summed E-state index contributed by atoms with van der Waals surface area (Å²) in [6.07, 6.45) is 0. The lowest BCUT2D eigenvalue weighted by atomic mass is 10.1. The highest BCUT2D eigenvalue weighted by molar-refractivity contribution is 5.60. The monoisotopic (exact) mass is 244 g/mol. The number of hydrogen-bond acceptors (Lipinski definition) is 3. The van der Waals surface area contributed by atoms with Crippen molar-refractivity contribution in [2.75, 3.05) is 0 Å². The van der Waals surface area contributed by atoms with Crippen LogP contribution in [0.2, 0.25) is 0 Å². The first-order chi connectivity index (χ1) is 8.70. The Kier molecular flexibility index (Phi) is 4.10. The van der Waals surface area contributed by atoms with E-state index in [4.69, 9.17) is 0 Å². The summed E-state index contributed by atoms with van der Waals surface area (Å²) < 4.78 is 0. The van der Waals surface area contributed by atoms with Crippen LogP contribution in [0.5, 0.6) is 0 Å². The Balaban J connectivity index is 2.30. The number of aryl methyl sites for hydroxylation is 1. The molecular formula is C14H20N4. The first-order valence-electron chi connectivity index (χ1n) is 6.43. The standard InChI is InChI=1S/C14H20N4/c1-4-18-16-13(10-15-11(2)3)14(17-18)12-8-6-5-7-9-12/h5-9,11,15H,4,10H2,1-3H3. The minimum absolute atomic E-state index is 0.445. The van der Waals surface area contributed by atoms with E-state index in [9.17, 15) is 0 Å². The van der Waals surface area contributed by atoms with E-state index in [1.54, 1.807) is 4.80 Å². The Hall–Kier alpha value is -1.68. The lowest BCUT2D eigenvalue weighted by Crippen LogP contribution is -2.22. The summed E-state index contributed by atoms with van der Waals surface area (Å²) in [6, 6.07) is 10.7. The number of hydrogen-bond donors (Lipinski definition) is 1. The van der Waals surface area contributed by atoms with Gasteiger partial charge in [-0.25, -0.2) is 0 Å². The Morgan fingerprint density at radius 2 is 1.89 bits per heavy atom. The van der Waals surface area contributed by atoms with Crippen LogP contribution in [0.4, 0.5) is 0 Å². The van der Waals surface area contributed by atoms with Crippen molar-refractivity contribution in [3.05, 3.63) is 36.0 Å². The molecule has 2 aromatic rings. The van der Waals surface area contributed by atoms with E-state index in [0.29, 0.717) is 6.04 Å². The van der Waals surface area contributed by atoms with Crippen LogP contribution in [0.15, 0.2) is 30.3 Å². The molecule has 4 heteroatoms. The molecule has 1 N–H and O–H groups in total. The van der Waals surface area contributed by atoms with Gasteiger partial charge in [0.2, 0.25) is 0 Å². The molecule has 18 heavy (non-hydrogen) atoms. The minimum Gasteiger partial charge on any atom is -0.309 e. The zero-order chi connectivity index (χ0) is 13.0. The summed E-state index contributed by atoms with van der Waals surface area (Å²) in [6.45, 7) is 7.86. The molecule has 0 fully saturated rings. The summed E-state index contributed by atoms with van der Waals surface area (Å²) in [4.78, 5) is 1.75. The Morgan fingerprint density at radius 1 is 1.17 bits per heavy atom. The van der Waals surface area contributed by atoms with Gasteiger partial charge in [-0.2, -0.15) is 15.0 Å². The first kappa shape index (κ1) is 12.8. The number of nitrogens with zero attached hydrogens (tertiary/aromatic N) is 3. The highest BCUT2D eigenvalue weighted by Gasteiger charge is 2.12. The van der Waals surface area contributed by atoms with Crippen LogP contribution < -0.4 is 5.32 Å². The molecule has 0 spiro atoms. The third kappa shape index (κ3) is 2.96. The number of benzene rings is 1. The lowest BCUT2D eigenvalue weighted by molar-refractivity contribution is 0.543. The van der Waals surface area contributed by atoms with Crippen LogP contribution >= 0.6 is 0 Å². The van der Waals surface area contributed by atoms with Crippen molar-refractivity contribution in [3.8, 4) is 11.3 Å². The number of rotatable bonds is 5. The molecule has 96 valence electrons. The molecule has 1 aromatic heterocycles. The smallest absolute Gasteiger partial charge is 0.117 e. The van der Waals surface area contributed by atoms with E-state index in [0.717, 1.165) is 30.0 Å². The molecule has 4 nitrogen and oxygen atoms in total. The van der Waals surface area contributed by atoms with Gasteiger partial charge >= 0.3 is 0 Å².